The number of carboxylic acid groups (broad SMARTS) is 2. The number of halogens is 12. The van der Waals surface area contributed by atoms with Crippen LogP contribution in [0.4, 0.5) is 76.0 Å². The number of carbonyl (C=O) groups excluding carboxylic acids is 2. The van der Waals surface area contributed by atoms with Crippen molar-refractivity contribution in [2.45, 2.75) is 212 Å². The summed E-state index contributed by atoms with van der Waals surface area (Å²) >= 11 is 0. The zero-order valence-corrected chi connectivity index (χ0v) is 73.0. The Labute approximate surface area is 745 Å². The molecule has 6 N–H and O–H groups in total. The normalized spacial score (nSPS) is 16.9. The molecule has 0 aliphatic carbocycles. The van der Waals surface area contributed by atoms with Crippen molar-refractivity contribution in [3.05, 3.63) is 267 Å². The van der Waals surface area contributed by atoms with Gasteiger partial charge in [-0.3, -0.25) is 19.2 Å². The summed E-state index contributed by atoms with van der Waals surface area (Å²) in [5.74, 6) is -17.8. The van der Waals surface area contributed by atoms with Gasteiger partial charge in [0.1, 0.15) is 31.9 Å². The molecule has 35 heteroatoms. The van der Waals surface area contributed by atoms with Crippen LogP contribution >= 0.6 is 0 Å². The van der Waals surface area contributed by atoms with Crippen LogP contribution in [0, 0.1) is 35.1 Å². The Hall–Kier alpha value is -12.7. The molecule has 4 aromatic heterocycles. The number of amides is 2. The van der Waals surface area contributed by atoms with E-state index >= 15 is 17.6 Å². The molecule has 4 fully saturated rings. The van der Waals surface area contributed by atoms with Gasteiger partial charge in [0.25, 0.3) is 53.1 Å². The van der Waals surface area contributed by atoms with Crippen molar-refractivity contribution in [1.82, 2.24) is 39.9 Å². The number of aromatic nitrogens is 8. The number of aryl methyl sites for hydroxylation is 2. The fourth-order valence-electron chi connectivity index (χ4n) is 16.0. The number of nitrogens with two attached hydrogens (primary N) is 2. The lowest BCUT2D eigenvalue weighted by atomic mass is 10.0. The second-order valence-corrected chi connectivity index (χ2v) is 33.7. The van der Waals surface area contributed by atoms with Gasteiger partial charge in [0, 0.05) is 76.1 Å². The van der Waals surface area contributed by atoms with Gasteiger partial charge >= 0.3 is 11.9 Å². The van der Waals surface area contributed by atoms with E-state index in [-0.39, 0.29) is 119 Å². The second-order valence-electron chi connectivity index (χ2n) is 33.7. The molecule has 0 spiro atoms. The van der Waals surface area contributed by atoms with E-state index in [0.717, 1.165) is 112 Å². The van der Waals surface area contributed by atoms with Gasteiger partial charge in [-0.15, -0.1) is 0 Å². The van der Waals surface area contributed by atoms with Crippen LogP contribution in [-0.2, 0) is 75.2 Å². The van der Waals surface area contributed by atoms with E-state index in [1.54, 1.807) is 94.7 Å². The molecule has 23 nitrogen and oxygen atoms in total. The SMILES string of the molecule is CC(C)CC(Oc1ncnc(N2CCCC2c2ccc(C(C)(F)F)cc2)c1F)C(N)=O.CC(C)CC(Oc1ncnc(N2CCCC2c2ccc(C(C)(F)F)cc2)c1F)C(N)=O.CC(F)(F)c1ccc(C2CCCN2c2ncnc(CCc3ccc(CC(=O)O)cc3)c2F)cc1.CC(F)(F)c1ccc(C2CCCN2c2ncnc(OCc3ccc(CC(=O)O)cc3)c2F)cc1. The molecule has 2 amide bonds. The van der Waals surface area contributed by atoms with Crippen molar-refractivity contribution >= 4 is 47.0 Å². The standard InChI is InChI=1S/C26H26F3N3O2.C25H24F3N3O3.2C22H27F3N4O2/c1-26(28,29)20-11-9-19(10-12-20)22-3-2-14-32(22)25-24(27)21(30-16-31-25)13-8-17-4-6-18(7-5-17)15-23(33)34;1-25(27,28)19-10-8-18(9-11-19)20-3-2-12-31(20)23-22(26)24(30-15-29-23)34-14-17-6-4-16(5-7-17)13-21(32)33;2*1-13(2)11-17(19(26)30)31-21-18(23)20(27-12-28-21)29-10-4-5-16(29)14-6-8-15(9-7-14)22(3,24)25/h4-7,9-12,16,22H,2-3,8,13-15H2,1H3,(H,33,34);4-11,15,20H,2-3,12-14H2,1H3,(H,32,33);2*6-9,12-13,16-17H,4-5,10-11H2,1-3H3,(H2,26,30). The zero-order valence-electron chi connectivity index (χ0n) is 73.0. The highest BCUT2D eigenvalue weighted by Gasteiger charge is 2.39. The Morgan fingerprint density at radius 1 is 0.377 bits per heavy atom. The van der Waals surface area contributed by atoms with Crippen LogP contribution in [0.1, 0.15) is 216 Å². The molecule has 6 atom stereocenters. The minimum Gasteiger partial charge on any atom is -0.481 e. The molecule has 0 bridgehead atoms. The Bertz CT molecular complexity index is 5130. The number of hydrogen-bond acceptors (Lipinski definition) is 19. The molecule has 10 aromatic rings. The first-order valence-corrected chi connectivity index (χ1v) is 42.7. The maximum absolute atomic E-state index is 15.4. The maximum atomic E-state index is 15.4. The van der Waals surface area contributed by atoms with Gasteiger partial charge in [-0.25, -0.2) is 64.4 Å². The van der Waals surface area contributed by atoms with E-state index in [4.69, 9.17) is 35.9 Å². The molecule has 6 aromatic carbocycles. The maximum Gasteiger partial charge on any atom is 0.307 e. The van der Waals surface area contributed by atoms with Gasteiger partial charge in [0.15, 0.2) is 41.3 Å². The largest absolute Gasteiger partial charge is 0.481 e. The van der Waals surface area contributed by atoms with Crippen molar-refractivity contribution in [2.24, 2.45) is 23.3 Å². The van der Waals surface area contributed by atoms with Gasteiger partial charge in [0.05, 0.1) is 42.7 Å². The molecule has 0 radical (unpaired) electrons. The van der Waals surface area contributed by atoms with Gasteiger partial charge in [-0.1, -0.05) is 173 Å². The van der Waals surface area contributed by atoms with Crippen molar-refractivity contribution in [3.8, 4) is 17.6 Å². The summed E-state index contributed by atoms with van der Waals surface area (Å²) in [4.78, 5) is 84.5. The van der Waals surface area contributed by atoms with Crippen LogP contribution in [0.2, 0.25) is 0 Å². The molecular formula is C95H104F12N14O9. The summed E-state index contributed by atoms with van der Waals surface area (Å²) in [6, 6.07) is 37.7. The van der Waals surface area contributed by atoms with Gasteiger partial charge in [-0.2, -0.15) is 28.1 Å². The van der Waals surface area contributed by atoms with Gasteiger partial charge in [-0.05, 0) is 133 Å². The number of ether oxygens (including phenoxy) is 3. The number of alkyl halides is 8. The Kier molecular flexibility index (Phi) is 32.5. The molecule has 14 rings (SSSR count). The first-order valence-electron chi connectivity index (χ1n) is 42.7. The second kappa shape index (κ2) is 43.1. The van der Waals surface area contributed by atoms with Crippen molar-refractivity contribution in [1.29, 1.82) is 0 Å². The number of rotatable bonds is 32. The third-order valence-corrected chi connectivity index (χ3v) is 22.7. The number of primary amides is 2. The number of anilines is 4. The van der Waals surface area contributed by atoms with Crippen LogP contribution < -0.4 is 45.3 Å². The first kappa shape index (κ1) is 97.9. The smallest absolute Gasteiger partial charge is 0.307 e. The van der Waals surface area contributed by atoms with Crippen LogP contribution in [0.25, 0.3) is 0 Å². The van der Waals surface area contributed by atoms with E-state index in [2.05, 4.69) is 39.9 Å². The summed E-state index contributed by atoms with van der Waals surface area (Å²) in [5, 5.41) is 17.7. The highest BCUT2D eigenvalue weighted by molar-refractivity contribution is 5.80. The third kappa shape index (κ3) is 25.9. The van der Waals surface area contributed by atoms with E-state index in [9.17, 15) is 54.3 Å². The van der Waals surface area contributed by atoms with Crippen molar-refractivity contribution in [3.63, 3.8) is 0 Å². The third-order valence-electron chi connectivity index (χ3n) is 22.7. The number of carbonyl (C=O) groups is 4. The summed E-state index contributed by atoms with van der Waals surface area (Å²) in [6.07, 6.45) is 10.6. The monoisotopic (exact) mass is 1810 g/mol. The average Bonchev–Trinajstić information content (AvgIpc) is 1.59. The van der Waals surface area contributed by atoms with Gasteiger partial charge < -0.3 is 55.5 Å². The fourth-order valence-corrected chi connectivity index (χ4v) is 16.0. The zero-order chi connectivity index (χ0) is 94.1. The lowest BCUT2D eigenvalue weighted by Crippen LogP contribution is -2.35. The van der Waals surface area contributed by atoms with Crippen molar-refractivity contribution < 1.29 is 96.3 Å². The van der Waals surface area contributed by atoms with Crippen LogP contribution in [0.5, 0.6) is 17.6 Å². The summed E-state index contributed by atoms with van der Waals surface area (Å²) in [7, 11) is 0. The van der Waals surface area contributed by atoms with E-state index < -0.39 is 82.9 Å². The first-order chi connectivity index (χ1) is 61.6. The molecule has 8 heterocycles. The topological polar surface area (TPSA) is 305 Å². The van der Waals surface area contributed by atoms with E-state index in [0.29, 0.717) is 68.7 Å². The predicted octanol–water partition coefficient (Wildman–Crippen LogP) is 19.5. The summed E-state index contributed by atoms with van der Waals surface area (Å²) in [5.41, 5.74) is 17.1. The highest BCUT2D eigenvalue weighted by atomic mass is 19.3. The van der Waals surface area contributed by atoms with E-state index in [1.807, 2.05) is 49.6 Å². The Morgan fingerprint density at radius 2 is 0.646 bits per heavy atom. The Balaban J connectivity index is 0.000000168. The molecular weight excluding hydrogens is 1710 g/mol. The molecule has 130 heavy (non-hydrogen) atoms. The van der Waals surface area contributed by atoms with Crippen LogP contribution in [-0.4, -0.2) is 112 Å². The van der Waals surface area contributed by atoms with Gasteiger partial charge in [0.2, 0.25) is 17.5 Å². The highest BCUT2D eigenvalue weighted by Crippen LogP contribution is 2.45. The quantitative estimate of drug-likeness (QED) is 0.0285. The van der Waals surface area contributed by atoms with Crippen molar-refractivity contribution in [2.75, 3.05) is 45.8 Å². The molecule has 4 saturated heterocycles. The lowest BCUT2D eigenvalue weighted by molar-refractivity contribution is -0.137. The lowest BCUT2D eigenvalue weighted by Gasteiger charge is -2.27. The van der Waals surface area contributed by atoms with Crippen LogP contribution in [0.15, 0.2) is 171 Å². The minimum absolute atomic E-state index is 0.0369. The number of benzene rings is 6. The minimum atomic E-state index is -2.92. The predicted molar refractivity (Wildman–Crippen MR) is 463 cm³/mol. The Morgan fingerprint density at radius 3 is 0.931 bits per heavy atom. The molecule has 4 aliphatic rings. The van der Waals surface area contributed by atoms with E-state index in [1.165, 1.54) is 73.8 Å². The molecule has 692 valence electrons. The fraction of sp³-hybridized carbons (Fsp3) is 0.411. The average molecular weight is 1810 g/mol. The number of carboxylic acids is 2. The molecule has 4 aliphatic heterocycles. The number of hydrogen-bond donors (Lipinski definition) is 4. The molecule has 6 unspecified atom stereocenters. The number of aliphatic carboxylic acids is 2. The number of nitrogens with zero attached hydrogens (tertiary/aromatic N) is 12. The molecule has 0 saturated carbocycles. The summed E-state index contributed by atoms with van der Waals surface area (Å²) < 4.78 is 186. The summed E-state index contributed by atoms with van der Waals surface area (Å²) in [6.45, 7) is 13.3. The van der Waals surface area contributed by atoms with Crippen LogP contribution in [0.3, 0.4) is 0 Å².